The summed E-state index contributed by atoms with van der Waals surface area (Å²) in [5.41, 5.74) is 0. The number of rotatable bonds is 7. The second kappa shape index (κ2) is 6.80. The van der Waals surface area contributed by atoms with Crippen molar-refractivity contribution in [1.29, 1.82) is 0 Å². The zero-order valence-electron chi connectivity index (χ0n) is 13.9. The molecule has 1 N–H and O–H groups in total. The Balaban J connectivity index is 2.09. The lowest BCUT2D eigenvalue weighted by molar-refractivity contribution is -0.152. The van der Waals surface area contributed by atoms with Gasteiger partial charge in [0.15, 0.2) is 0 Å². The average molecular weight is 294 g/mol. The minimum atomic E-state index is -0.273. The smallest absolute Gasteiger partial charge is 0.246 e. The molecule has 1 aliphatic carbocycles. The van der Waals surface area contributed by atoms with Crippen molar-refractivity contribution in [1.82, 2.24) is 10.2 Å². The van der Waals surface area contributed by atoms with Gasteiger partial charge >= 0.3 is 0 Å². The molecular weight excluding hydrogens is 264 g/mol. The molecule has 1 saturated heterocycles. The molecule has 3 atom stereocenters. The van der Waals surface area contributed by atoms with Crippen LogP contribution >= 0.6 is 0 Å². The molecule has 4 nitrogen and oxygen atoms in total. The molecule has 2 amide bonds. The van der Waals surface area contributed by atoms with Crippen LogP contribution in [-0.4, -0.2) is 35.3 Å². The Kier molecular flexibility index (Phi) is 5.28. The summed E-state index contributed by atoms with van der Waals surface area (Å²) in [5.74, 6) is 1.46. The normalized spacial score (nSPS) is 28.0. The molecule has 0 radical (unpaired) electrons. The summed E-state index contributed by atoms with van der Waals surface area (Å²) < 4.78 is 0. The van der Waals surface area contributed by atoms with Gasteiger partial charge < -0.3 is 10.2 Å². The van der Waals surface area contributed by atoms with E-state index in [1.54, 1.807) is 0 Å². The molecule has 4 heteroatoms. The third-order valence-electron chi connectivity index (χ3n) is 4.91. The van der Waals surface area contributed by atoms with Gasteiger partial charge in [-0.15, -0.1) is 0 Å². The fourth-order valence-electron chi connectivity index (χ4n) is 3.21. The van der Waals surface area contributed by atoms with E-state index < -0.39 is 0 Å². The Labute approximate surface area is 128 Å². The fraction of sp³-hybridized carbons (Fsp3) is 0.882. The van der Waals surface area contributed by atoms with Crippen LogP contribution < -0.4 is 5.32 Å². The van der Waals surface area contributed by atoms with Crippen molar-refractivity contribution < 1.29 is 9.59 Å². The van der Waals surface area contributed by atoms with E-state index in [1.807, 2.05) is 4.90 Å². The Bertz CT molecular complexity index is 390. The Morgan fingerprint density at radius 2 is 1.90 bits per heavy atom. The van der Waals surface area contributed by atoms with Crippen molar-refractivity contribution in [2.75, 3.05) is 6.54 Å². The monoisotopic (exact) mass is 294 g/mol. The molecule has 2 aliphatic rings. The van der Waals surface area contributed by atoms with Crippen LogP contribution in [0.2, 0.25) is 0 Å². The molecule has 0 spiro atoms. The molecule has 0 aromatic carbocycles. The molecular formula is C17H30N2O2. The number of hydrogen-bond acceptors (Lipinski definition) is 2. The summed E-state index contributed by atoms with van der Waals surface area (Å²) in [4.78, 5) is 27.1. The van der Waals surface area contributed by atoms with Crippen LogP contribution in [0.15, 0.2) is 0 Å². The van der Waals surface area contributed by atoms with Crippen molar-refractivity contribution >= 4 is 11.8 Å². The molecule has 1 saturated carbocycles. The van der Waals surface area contributed by atoms with Crippen molar-refractivity contribution in [2.24, 2.45) is 17.8 Å². The summed E-state index contributed by atoms with van der Waals surface area (Å²) in [7, 11) is 0. The van der Waals surface area contributed by atoms with Gasteiger partial charge in [0.05, 0.1) is 0 Å². The van der Waals surface area contributed by atoms with Gasteiger partial charge in [-0.1, -0.05) is 34.1 Å². The molecule has 2 fully saturated rings. The maximum absolute atomic E-state index is 12.8. The second-order valence-electron chi connectivity index (χ2n) is 7.22. The van der Waals surface area contributed by atoms with Crippen LogP contribution in [0.4, 0.5) is 0 Å². The van der Waals surface area contributed by atoms with E-state index in [2.05, 4.69) is 33.0 Å². The van der Waals surface area contributed by atoms with Crippen LogP contribution in [0.3, 0.4) is 0 Å². The predicted molar refractivity (Wildman–Crippen MR) is 83.7 cm³/mol. The molecule has 0 bridgehead atoms. The first-order valence-electron chi connectivity index (χ1n) is 8.56. The minimum absolute atomic E-state index is 0.0606. The summed E-state index contributed by atoms with van der Waals surface area (Å²) in [6.45, 7) is 9.28. The minimum Gasteiger partial charge on any atom is -0.342 e. The SMILES string of the molecule is CCC(C)C1C(=O)NC(C2CC2)C(=O)N1CCCC(C)C. The van der Waals surface area contributed by atoms with Gasteiger partial charge in [0.25, 0.3) is 0 Å². The molecule has 3 unspecified atom stereocenters. The van der Waals surface area contributed by atoms with Crippen LogP contribution in [0.25, 0.3) is 0 Å². The Morgan fingerprint density at radius 1 is 1.24 bits per heavy atom. The lowest BCUT2D eigenvalue weighted by Crippen LogP contribution is -2.65. The maximum atomic E-state index is 12.8. The van der Waals surface area contributed by atoms with E-state index in [-0.39, 0.29) is 29.8 Å². The fourth-order valence-corrected chi connectivity index (χ4v) is 3.21. The van der Waals surface area contributed by atoms with E-state index in [1.165, 1.54) is 0 Å². The van der Waals surface area contributed by atoms with Gasteiger partial charge in [-0.2, -0.15) is 0 Å². The number of amides is 2. The number of carbonyl (C=O) groups is 2. The average Bonchev–Trinajstić information content (AvgIpc) is 3.25. The highest BCUT2D eigenvalue weighted by atomic mass is 16.2. The first kappa shape index (κ1) is 16.3. The number of nitrogens with zero attached hydrogens (tertiary/aromatic N) is 1. The van der Waals surface area contributed by atoms with Crippen molar-refractivity contribution in [3.8, 4) is 0 Å². The first-order valence-corrected chi connectivity index (χ1v) is 8.56. The highest BCUT2D eigenvalue weighted by Crippen LogP contribution is 2.36. The van der Waals surface area contributed by atoms with Crippen molar-refractivity contribution in [3.05, 3.63) is 0 Å². The summed E-state index contributed by atoms with van der Waals surface area (Å²) >= 11 is 0. The molecule has 0 aromatic heterocycles. The van der Waals surface area contributed by atoms with Gasteiger partial charge in [0.2, 0.25) is 11.8 Å². The largest absolute Gasteiger partial charge is 0.342 e. The van der Waals surface area contributed by atoms with Gasteiger partial charge in [-0.3, -0.25) is 9.59 Å². The topological polar surface area (TPSA) is 49.4 Å². The van der Waals surface area contributed by atoms with Crippen LogP contribution in [0.5, 0.6) is 0 Å². The van der Waals surface area contributed by atoms with E-state index in [4.69, 9.17) is 0 Å². The summed E-state index contributed by atoms with van der Waals surface area (Å²) in [5, 5.41) is 2.99. The number of piperazine rings is 1. The molecule has 1 heterocycles. The van der Waals surface area contributed by atoms with E-state index in [0.717, 1.165) is 38.6 Å². The van der Waals surface area contributed by atoms with Gasteiger partial charge in [0, 0.05) is 6.54 Å². The summed E-state index contributed by atoms with van der Waals surface area (Å²) in [6.07, 6.45) is 5.16. The first-order chi connectivity index (χ1) is 9.95. The molecule has 2 rings (SSSR count). The zero-order valence-corrected chi connectivity index (χ0v) is 13.9. The van der Waals surface area contributed by atoms with Crippen molar-refractivity contribution in [3.63, 3.8) is 0 Å². The van der Waals surface area contributed by atoms with E-state index >= 15 is 0 Å². The Hall–Kier alpha value is -1.06. The third kappa shape index (κ3) is 3.78. The number of hydrogen-bond donors (Lipinski definition) is 1. The number of nitrogens with one attached hydrogen (secondary N) is 1. The molecule has 1 aliphatic heterocycles. The molecule has 21 heavy (non-hydrogen) atoms. The van der Waals surface area contributed by atoms with Gasteiger partial charge in [0.1, 0.15) is 12.1 Å². The standard InChI is InChI=1S/C17H30N2O2/c1-5-12(4)15-16(20)18-14(13-8-9-13)17(21)19(15)10-6-7-11(2)3/h11-15H,5-10H2,1-4H3,(H,18,20). The van der Waals surface area contributed by atoms with Crippen LogP contribution in [0.1, 0.15) is 59.8 Å². The predicted octanol–water partition coefficient (Wildman–Crippen LogP) is 2.57. The zero-order chi connectivity index (χ0) is 15.6. The Morgan fingerprint density at radius 3 is 2.43 bits per heavy atom. The molecule has 120 valence electrons. The van der Waals surface area contributed by atoms with E-state index in [9.17, 15) is 9.59 Å². The quantitative estimate of drug-likeness (QED) is 0.784. The van der Waals surface area contributed by atoms with E-state index in [0.29, 0.717) is 11.8 Å². The highest BCUT2D eigenvalue weighted by molar-refractivity contribution is 5.97. The lowest BCUT2D eigenvalue weighted by Gasteiger charge is -2.41. The summed E-state index contributed by atoms with van der Waals surface area (Å²) in [6, 6.07) is -0.526. The molecule has 0 aromatic rings. The van der Waals surface area contributed by atoms with Crippen molar-refractivity contribution in [2.45, 2.75) is 71.9 Å². The maximum Gasteiger partial charge on any atom is 0.246 e. The highest BCUT2D eigenvalue weighted by Gasteiger charge is 2.47. The lowest BCUT2D eigenvalue weighted by atomic mass is 9.92. The third-order valence-corrected chi connectivity index (χ3v) is 4.91. The van der Waals surface area contributed by atoms with Crippen LogP contribution in [-0.2, 0) is 9.59 Å². The van der Waals surface area contributed by atoms with Crippen LogP contribution in [0, 0.1) is 17.8 Å². The second-order valence-corrected chi connectivity index (χ2v) is 7.22. The van der Waals surface area contributed by atoms with Gasteiger partial charge in [-0.25, -0.2) is 0 Å². The number of carbonyl (C=O) groups excluding carboxylic acids is 2. The van der Waals surface area contributed by atoms with Gasteiger partial charge in [-0.05, 0) is 43.4 Å².